The lowest BCUT2D eigenvalue weighted by Gasteiger charge is -2.53. The number of ether oxygens (including phenoxy) is 1. The summed E-state index contributed by atoms with van der Waals surface area (Å²) in [5.74, 6) is -1.39. The molecule has 1 heterocycles. The Kier molecular flexibility index (Phi) is 3.57. The molecule has 0 radical (unpaired) electrons. The van der Waals surface area contributed by atoms with Gasteiger partial charge in [-0.25, -0.2) is 8.78 Å². The van der Waals surface area contributed by atoms with Crippen molar-refractivity contribution in [3.05, 3.63) is 35.4 Å². The molecule has 1 aromatic rings. The summed E-state index contributed by atoms with van der Waals surface area (Å²) in [6, 6.07) is 4.22. The van der Waals surface area contributed by atoms with Crippen LogP contribution >= 0.6 is 0 Å². The molecule has 5 atom stereocenters. The molecule has 2 aliphatic rings. The minimum atomic E-state index is -0.847. The van der Waals surface area contributed by atoms with E-state index in [2.05, 4.69) is 0 Å². The first kappa shape index (κ1) is 14.9. The minimum Gasteiger partial charge on any atom is -0.393 e. The van der Waals surface area contributed by atoms with Crippen LogP contribution in [0.1, 0.15) is 45.3 Å². The van der Waals surface area contributed by atoms with Crippen molar-refractivity contribution in [3.63, 3.8) is 0 Å². The van der Waals surface area contributed by atoms with Gasteiger partial charge in [-0.1, -0.05) is 19.1 Å². The van der Waals surface area contributed by atoms with Gasteiger partial charge in [-0.05, 0) is 50.5 Å². The molecule has 1 saturated heterocycles. The number of aliphatic hydroxyl groups excluding tert-OH is 1. The fraction of sp³-hybridized carbons (Fsp3) is 0.647. The van der Waals surface area contributed by atoms with Crippen molar-refractivity contribution in [2.24, 2.45) is 17.8 Å². The van der Waals surface area contributed by atoms with E-state index in [1.165, 1.54) is 6.07 Å². The third-order valence-corrected chi connectivity index (χ3v) is 5.46. The molecule has 1 aromatic carbocycles. The zero-order chi connectivity index (χ0) is 15.4. The molecule has 0 spiro atoms. The quantitative estimate of drug-likeness (QED) is 0.853. The number of rotatable bonds is 1. The van der Waals surface area contributed by atoms with Crippen molar-refractivity contribution >= 4 is 0 Å². The van der Waals surface area contributed by atoms with Crippen LogP contribution in [0.4, 0.5) is 8.78 Å². The summed E-state index contributed by atoms with van der Waals surface area (Å²) < 4.78 is 33.9. The van der Waals surface area contributed by atoms with E-state index in [9.17, 15) is 13.9 Å². The van der Waals surface area contributed by atoms with E-state index in [0.29, 0.717) is 6.42 Å². The summed E-state index contributed by atoms with van der Waals surface area (Å²) in [5.41, 5.74) is -0.173. The molecule has 0 amide bonds. The Morgan fingerprint density at radius 2 is 1.95 bits per heavy atom. The van der Waals surface area contributed by atoms with Gasteiger partial charge in [0, 0.05) is 5.56 Å². The van der Waals surface area contributed by atoms with Crippen molar-refractivity contribution < 1.29 is 18.6 Å². The van der Waals surface area contributed by atoms with Crippen LogP contribution in [0.15, 0.2) is 18.2 Å². The maximum absolute atomic E-state index is 14.2. The lowest BCUT2D eigenvalue weighted by molar-refractivity contribution is -0.216. The molecule has 1 N–H and O–H groups in total. The molecule has 116 valence electrons. The molecule has 1 aliphatic carbocycles. The van der Waals surface area contributed by atoms with Gasteiger partial charge in [-0.3, -0.25) is 0 Å². The normalized spacial score (nSPS) is 38.3. The average Bonchev–Trinajstić information content (AvgIpc) is 2.42. The summed E-state index contributed by atoms with van der Waals surface area (Å²) in [5, 5.41) is 10.3. The summed E-state index contributed by atoms with van der Waals surface area (Å²) in [6.07, 6.45) is 0.683. The van der Waals surface area contributed by atoms with Crippen LogP contribution in [0.5, 0.6) is 0 Å². The predicted octanol–water partition coefficient (Wildman–Crippen LogP) is 3.84. The highest BCUT2D eigenvalue weighted by atomic mass is 19.2. The van der Waals surface area contributed by atoms with E-state index in [4.69, 9.17) is 4.74 Å². The van der Waals surface area contributed by atoms with Crippen molar-refractivity contribution in [2.75, 3.05) is 0 Å². The monoisotopic (exact) mass is 296 g/mol. The number of aliphatic hydroxyl groups is 1. The van der Waals surface area contributed by atoms with Crippen molar-refractivity contribution in [1.82, 2.24) is 0 Å². The minimum absolute atomic E-state index is 0.0167. The lowest BCUT2D eigenvalue weighted by Crippen LogP contribution is -2.52. The molecule has 4 heteroatoms. The average molecular weight is 296 g/mol. The van der Waals surface area contributed by atoms with Crippen molar-refractivity contribution in [2.45, 2.75) is 51.4 Å². The second-order valence-corrected chi connectivity index (χ2v) is 7.04. The van der Waals surface area contributed by atoms with Crippen LogP contribution in [0.2, 0.25) is 0 Å². The van der Waals surface area contributed by atoms with Gasteiger partial charge >= 0.3 is 0 Å². The molecule has 1 aliphatic heterocycles. The second kappa shape index (κ2) is 5.03. The van der Waals surface area contributed by atoms with Crippen LogP contribution < -0.4 is 0 Å². The molecule has 3 rings (SSSR count). The van der Waals surface area contributed by atoms with Crippen LogP contribution in [-0.4, -0.2) is 16.8 Å². The summed E-state index contributed by atoms with van der Waals surface area (Å²) in [6.45, 7) is 5.92. The lowest BCUT2D eigenvalue weighted by atomic mass is 9.63. The molecule has 21 heavy (non-hydrogen) atoms. The van der Waals surface area contributed by atoms with Gasteiger partial charge in [0.05, 0.1) is 17.8 Å². The van der Waals surface area contributed by atoms with Crippen molar-refractivity contribution in [1.29, 1.82) is 0 Å². The van der Waals surface area contributed by atoms with Gasteiger partial charge in [0.25, 0.3) is 0 Å². The topological polar surface area (TPSA) is 29.5 Å². The smallest absolute Gasteiger partial charge is 0.164 e. The molecular formula is C17H22F2O2. The zero-order valence-corrected chi connectivity index (χ0v) is 12.6. The third kappa shape index (κ3) is 2.38. The van der Waals surface area contributed by atoms with E-state index < -0.39 is 29.4 Å². The predicted molar refractivity (Wildman–Crippen MR) is 75.6 cm³/mol. The largest absolute Gasteiger partial charge is 0.393 e. The third-order valence-electron chi connectivity index (χ3n) is 5.46. The van der Waals surface area contributed by atoms with Gasteiger partial charge in [-0.2, -0.15) is 0 Å². The van der Waals surface area contributed by atoms with Gasteiger partial charge in [0.15, 0.2) is 11.6 Å². The van der Waals surface area contributed by atoms with E-state index in [0.717, 1.165) is 12.5 Å². The summed E-state index contributed by atoms with van der Waals surface area (Å²) in [7, 11) is 0. The highest BCUT2D eigenvalue weighted by Gasteiger charge is 2.51. The van der Waals surface area contributed by atoms with Gasteiger partial charge < -0.3 is 9.84 Å². The maximum atomic E-state index is 14.2. The Morgan fingerprint density at radius 3 is 2.67 bits per heavy atom. The van der Waals surface area contributed by atoms with Crippen molar-refractivity contribution in [3.8, 4) is 0 Å². The van der Waals surface area contributed by atoms with Gasteiger partial charge in [0.1, 0.15) is 0 Å². The Balaban J connectivity index is 2.02. The number of halogens is 2. The fourth-order valence-corrected chi connectivity index (χ4v) is 3.94. The summed E-state index contributed by atoms with van der Waals surface area (Å²) in [4.78, 5) is 0. The number of benzene rings is 1. The summed E-state index contributed by atoms with van der Waals surface area (Å²) >= 11 is 0. The first-order valence-corrected chi connectivity index (χ1v) is 7.61. The molecule has 1 saturated carbocycles. The molecular weight excluding hydrogens is 274 g/mol. The first-order chi connectivity index (χ1) is 9.81. The van der Waals surface area contributed by atoms with Gasteiger partial charge in [-0.15, -0.1) is 0 Å². The van der Waals surface area contributed by atoms with Gasteiger partial charge in [0.2, 0.25) is 0 Å². The molecule has 2 nitrogen and oxygen atoms in total. The first-order valence-electron chi connectivity index (χ1n) is 7.61. The van der Waals surface area contributed by atoms with E-state index >= 15 is 0 Å². The fourth-order valence-electron chi connectivity index (χ4n) is 3.94. The Morgan fingerprint density at radius 1 is 1.24 bits per heavy atom. The number of hydrogen-bond donors (Lipinski definition) is 1. The Bertz CT molecular complexity index is 544. The Hall–Kier alpha value is -1.00. The standard InChI is InChI=1S/C17H22F2O2/c1-9-12-7-10(8-14(9)20)17(2,3)21-16(12)11-5-4-6-13(18)15(11)19/h4-6,9-10,12,14,16,20H,7-8H2,1-3H3/t9-,10?,12?,14-,16-/m0/s1. The van der Waals surface area contributed by atoms with Crippen LogP contribution in [0.25, 0.3) is 0 Å². The van der Waals surface area contributed by atoms with E-state index in [-0.39, 0.29) is 23.3 Å². The molecule has 0 aromatic heterocycles. The highest BCUT2D eigenvalue weighted by molar-refractivity contribution is 5.24. The molecule has 2 fully saturated rings. The molecule has 2 unspecified atom stereocenters. The van der Waals surface area contributed by atoms with Crippen LogP contribution in [0, 0.1) is 29.4 Å². The van der Waals surface area contributed by atoms with Crippen LogP contribution in [0.3, 0.4) is 0 Å². The highest BCUT2D eigenvalue weighted by Crippen LogP contribution is 2.53. The maximum Gasteiger partial charge on any atom is 0.164 e. The second-order valence-electron chi connectivity index (χ2n) is 7.04. The van der Waals surface area contributed by atoms with E-state index in [1.54, 1.807) is 6.07 Å². The van der Waals surface area contributed by atoms with Crippen LogP contribution in [-0.2, 0) is 4.74 Å². The number of hydrogen-bond acceptors (Lipinski definition) is 2. The Labute approximate surface area is 124 Å². The molecule has 2 bridgehead atoms. The number of fused-ring (bicyclic) bond motifs is 2. The SMILES string of the molecule is C[C@H]1C2CC(C[C@@H]1O)C(C)(C)O[C@H]2c1cccc(F)c1F. The zero-order valence-electron chi connectivity index (χ0n) is 12.6. The van der Waals surface area contributed by atoms with E-state index in [1.807, 2.05) is 20.8 Å².